The van der Waals surface area contributed by atoms with Crippen LogP contribution in [0.4, 0.5) is 0 Å². The lowest BCUT2D eigenvalue weighted by molar-refractivity contribution is -0.124. The highest BCUT2D eigenvalue weighted by Gasteiger charge is 2.30. The number of rotatable bonds is 2. The maximum Gasteiger partial charge on any atom is 0.339 e. The molecular weight excluding hydrogens is 302 g/mol. The number of para-hydroxylation sites is 1. The standard InChI is InChI=1S/C20H21NO3/c22-17-11-6-12-18(17)24-20(23)19-13-7-2-1-3-9-15(13)21-16-10-5-4-8-14(16)19/h4-5,8,10,18H,1-3,6-7,9,11-12H2/t18-/m1/s1. The third-order valence-corrected chi connectivity index (χ3v) is 5.12. The Kier molecular flexibility index (Phi) is 4.05. The summed E-state index contributed by atoms with van der Waals surface area (Å²) >= 11 is 0. The van der Waals surface area contributed by atoms with Crippen molar-refractivity contribution in [3.63, 3.8) is 0 Å². The molecule has 0 aliphatic heterocycles. The van der Waals surface area contributed by atoms with E-state index < -0.39 is 6.10 Å². The lowest BCUT2D eigenvalue weighted by Crippen LogP contribution is -2.23. The first-order valence-electron chi connectivity index (χ1n) is 8.88. The number of carbonyl (C=O) groups is 2. The molecule has 1 atom stereocenters. The monoisotopic (exact) mass is 323 g/mol. The van der Waals surface area contributed by atoms with Gasteiger partial charge in [0.2, 0.25) is 0 Å². The molecule has 124 valence electrons. The van der Waals surface area contributed by atoms with Gasteiger partial charge in [-0.25, -0.2) is 4.79 Å². The number of esters is 1. The second-order valence-corrected chi connectivity index (χ2v) is 6.74. The Morgan fingerprint density at radius 2 is 1.88 bits per heavy atom. The lowest BCUT2D eigenvalue weighted by Gasteiger charge is -2.16. The van der Waals surface area contributed by atoms with E-state index in [9.17, 15) is 9.59 Å². The van der Waals surface area contributed by atoms with E-state index in [1.807, 2.05) is 24.3 Å². The van der Waals surface area contributed by atoms with Gasteiger partial charge in [-0.1, -0.05) is 24.6 Å². The molecule has 2 aromatic rings. The van der Waals surface area contributed by atoms with Crippen molar-refractivity contribution in [1.29, 1.82) is 0 Å². The molecule has 4 rings (SSSR count). The molecule has 0 radical (unpaired) electrons. The lowest BCUT2D eigenvalue weighted by atomic mass is 9.97. The molecule has 1 aromatic carbocycles. The van der Waals surface area contributed by atoms with Crippen LogP contribution in [0.25, 0.3) is 10.9 Å². The van der Waals surface area contributed by atoms with Gasteiger partial charge in [0.25, 0.3) is 0 Å². The maximum absolute atomic E-state index is 12.9. The first-order chi connectivity index (χ1) is 11.7. The van der Waals surface area contributed by atoms with E-state index in [0.717, 1.165) is 60.7 Å². The zero-order valence-corrected chi connectivity index (χ0v) is 13.7. The van der Waals surface area contributed by atoms with Crippen LogP contribution in [-0.4, -0.2) is 22.8 Å². The third kappa shape index (κ3) is 2.70. The third-order valence-electron chi connectivity index (χ3n) is 5.12. The molecule has 0 bridgehead atoms. The van der Waals surface area contributed by atoms with E-state index in [0.29, 0.717) is 18.4 Å². The molecule has 4 nitrogen and oxygen atoms in total. The molecule has 2 aliphatic carbocycles. The molecule has 0 spiro atoms. The zero-order valence-electron chi connectivity index (χ0n) is 13.7. The normalized spacial score (nSPS) is 20.7. The quantitative estimate of drug-likeness (QED) is 0.623. The minimum absolute atomic E-state index is 0.0489. The summed E-state index contributed by atoms with van der Waals surface area (Å²) in [7, 11) is 0. The average molecular weight is 323 g/mol. The van der Waals surface area contributed by atoms with Crippen LogP contribution in [0.1, 0.15) is 60.1 Å². The number of carbonyl (C=O) groups excluding carboxylic acids is 2. The van der Waals surface area contributed by atoms with E-state index in [1.54, 1.807) is 0 Å². The van der Waals surface area contributed by atoms with Crippen LogP contribution in [0.3, 0.4) is 0 Å². The van der Waals surface area contributed by atoms with Gasteiger partial charge in [0, 0.05) is 17.5 Å². The molecule has 1 fully saturated rings. The number of nitrogens with zero attached hydrogens (tertiary/aromatic N) is 1. The second kappa shape index (κ2) is 6.34. The molecular formula is C20H21NO3. The summed E-state index contributed by atoms with van der Waals surface area (Å²) < 4.78 is 5.61. The smallest absolute Gasteiger partial charge is 0.339 e. The zero-order chi connectivity index (χ0) is 16.5. The molecule has 0 unspecified atom stereocenters. The molecule has 24 heavy (non-hydrogen) atoms. The molecule has 0 N–H and O–H groups in total. The Hall–Kier alpha value is -2.23. The highest BCUT2D eigenvalue weighted by Crippen LogP contribution is 2.30. The number of ether oxygens (including phenoxy) is 1. The fourth-order valence-electron chi connectivity index (χ4n) is 3.88. The van der Waals surface area contributed by atoms with E-state index in [4.69, 9.17) is 9.72 Å². The first kappa shape index (κ1) is 15.3. The highest BCUT2D eigenvalue weighted by molar-refractivity contribution is 6.06. The summed E-state index contributed by atoms with van der Waals surface area (Å²) in [6, 6.07) is 7.73. The van der Waals surface area contributed by atoms with Crippen molar-refractivity contribution in [2.75, 3.05) is 0 Å². The number of Topliss-reactive ketones (excluding diaryl/α,β-unsaturated/α-hetero) is 1. The minimum atomic E-state index is -0.564. The van der Waals surface area contributed by atoms with Crippen LogP contribution in [-0.2, 0) is 22.4 Å². The van der Waals surface area contributed by atoms with E-state index in [-0.39, 0.29) is 11.8 Å². The van der Waals surface area contributed by atoms with Crippen LogP contribution in [0.15, 0.2) is 24.3 Å². The fourth-order valence-corrected chi connectivity index (χ4v) is 3.88. The number of ketones is 1. The van der Waals surface area contributed by atoms with Crippen LogP contribution < -0.4 is 0 Å². The number of benzene rings is 1. The maximum atomic E-state index is 12.9. The molecule has 0 amide bonds. The molecule has 1 aromatic heterocycles. The van der Waals surface area contributed by atoms with Crippen LogP contribution in [0.5, 0.6) is 0 Å². The number of hydrogen-bond donors (Lipinski definition) is 0. The molecule has 4 heteroatoms. The van der Waals surface area contributed by atoms with Crippen molar-refractivity contribution in [2.45, 2.75) is 57.5 Å². The Morgan fingerprint density at radius 1 is 1.04 bits per heavy atom. The van der Waals surface area contributed by atoms with E-state index in [1.165, 1.54) is 0 Å². The summed E-state index contributed by atoms with van der Waals surface area (Å²) in [6.07, 6.45) is 6.51. The SMILES string of the molecule is O=C(O[C@@H]1CCCC1=O)c1c2c(nc3ccccc13)CCCCC2. The van der Waals surface area contributed by atoms with Crippen molar-refractivity contribution in [3.8, 4) is 0 Å². The van der Waals surface area contributed by atoms with Crippen LogP contribution >= 0.6 is 0 Å². The highest BCUT2D eigenvalue weighted by atomic mass is 16.5. The van der Waals surface area contributed by atoms with Crippen molar-refractivity contribution < 1.29 is 14.3 Å². The summed E-state index contributed by atoms with van der Waals surface area (Å²) in [5, 5.41) is 0.841. The van der Waals surface area contributed by atoms with Gasteiger partial charge in [-0.3, -0.25) is 9.78 Å². The van der Waals surface area contributed by atoms with E-state index >= 15 is 0 Å². The summed E-state index contributed by atoms with van der Waals surface area (Å²) in [4.78, 5) is 29.6. The predicted octanol–water partition coefficient (Wildman–Crippen LogP) is 3.78. The van der Waals surface area contributed by atoms with Crippen molar-refractivity contribution in [3.05, 3.63) is 41.1 Å². The van der Waals surface area contributed by atoms with Crippen LogP contribution in [0.2, 0.25) is 0 Å². The largest absolute Gasteiger partial charge is 0.451 e. The first-order valence-corrected chi connectivity index (χ1v) is 8.88. The van der Waals surface area contributed by atoms with Gasteiger partial charge in [0.05, 0.1) is 11.1 Å². The summed E-state index contributed by atoms with van der Waals surface area (Å²) in [5.74, 6) is -0.306. The van der Waals surface area contributed by atoms with Gasteiger partial charge >= 0.3 is 5.97 Å². The van der Waals surface area contributed by atoms with Crippen molar-refractivity contribution in [1.82, 2.24) is 4.98 Å². The minimum Gasteiger partial charge on any atom is -0.451 e. The molecule has 1 heterocycles. The fraction of sp³-hybridized carbons (Fsp3) is 0.450. The average Bonchev–Trinajstić information content (AvgIpc) is 2.84. The number of aryl methyl sites for hydroxylation is 1. The Bertz CT molecular complexity index is 812. The van der Waals surface area contributed by atoms with Gasteiger partial charge in [-0.05, 0) is 50.2 Å². The molecule has 2 aliphatic rings. The number of pyridine rings is 1. The Morgan fingerprint density at radius 3 is 2.71 bits per heavy atom. The topological polar surface area (TPSA) is 56.3 Å². The number of aromatic nitrogens is 1. The van der Waals surface area contributed by atoms with Gasteiger partial charge in [0.15, 0.2) is 11.9 Å². The second-order valence-electron chi connectivity index (χ2n) is 6.74. The summed E-state index contributed by atoms with van der Waals surface area (Å²) in [5.41, 5.74) is 3.53. The van der Waals surface area contributed by atoms with Gasteiger partial charge < -0.3 is 4.74 Å². The van der Waals surface area contributed by atoms with Crippen molar-refractivity contribution >= 4 is 22.7 Å². The number of hydrogen-bond acceptors (Lipinski definition) is 4. The van der Waals surface area contributed by atoms with E-state index in [2.05, 4.69) is 0 Å². The molecule has 0 saturated heterocycles. The molecule has 1 saturated carbocycles. The van der Waals surface area contributed by atoms with Crippen molar-refractivity contribution in [2.24, 2.45) is 0 Å². The van der Waals surface area contributed by atoms with Gasteiger partial charge in [0.1, 0.15) is 0 Å². The van der Waals surface area contributed by atoms with Gasteiger partial charge in [-0.2, -0.15) is 0 Å². The van der Waals surface area contributed by atoms with Crippen LogP contribution in [0, 0.1) is 0 Å². The Balaban J connectivity index is 1.81. The predicted molar refractivity (Wildman–Crippen MR) is 91.1 cm³/mol. The Labute approximate surface area is 141 Å². The number of fused-ring (bicyclic) bond motifs is 2. The van der Waals surface area contributed by atoms with Gasteiger partial charge in [-0.15, -0.1) is 0 Å². The summed E-state index contributed by atoms with van der Waals surface area (Å²) in [6.45, 7) is 0.